The summed E-state index contributed by atoms with van der Waals surface area (Å²) in [5, 5.41) is 9.37. The number of rotatable bonds is 11. The molecule has 1 N–H and O–H groups in total. The van der Waals surface area contributed by atoms with Crippen LogP contribution in [0.2, 0.25) is 0 Å². The molecule has 3 aromatic carbocycles. The standard InChI is InChI=1S/C26H26F5NO4S/c1-37(34,35)24-14-22(11-8-20(24)17-33)36-13-3-12-32(15-18-6-9-21(27)10-7-18)16-19-4-2-5-23(25(19)28)26(29,30)31/h2,4-11,14,33H,3,12-13,15-17H2,1H3. The van der Waals surface area contributed by atoms with Crippen molar-refractivity contribution in [1.82, 2.24) is 4.90 Å². The molecule has 0 saturated heterocycles. The van der Waals surface area contributed by atoms with Gasteiger partial charge in [0.2, 0.25) is 0 Å². The van der Waals surface area contributed by atoms with Gasteiger partial charge in [0.25, 0.3) is 0 Å². The third-order valence-corrected chi connectivity index (χ3v) is 6.77. The Morgan fingerprint density at radius 2 is 1.65 bits per heavy atom. The Balaban J connectivity index is 1.72. The number of nitrogens with zero attached hydrogens (tertiary/aromatic N) is 1. The Morgan fingerprint density at radius 3 is 2.27 bits per heavy atom. The average molecular weight is 544 g/mol. The lowest BCUT2D eigenvalue weighted by Crippen LogP contribution is -2.26. The van der Waals surface area contributed by atoms with Crippen LogP contribution in [0.4, 0.5) is 22.0 Å². The minimum Gasteiger partial charge on any atom is -0.494 e. The number of hydrogen-bond acceptors (Lipinski definition) is 5. The number of aliphatic hydroxyl groups is 1. The first kappa shape index (κ1) is 28.5. The molecule has 0 atom stereocenters. The fourth-order valence-electron chi connectivity index (χ4n) is 3.80. The predicted molar refractivity (Wildman–Crippen MR) is 128 cm³/mol. The van der Waals surface area contributed by atoms with Crippen molar-refractivity contribution in [3.05, 3.63) is 94.6 Å². The highest BCUT2D eigenvalue weighted by Crippen LogP contribution is 2.33. The largest absolute Gasteiger partial charge is 0.494 e. The van der Waals surface area contributed by atoms with Gasteiger partial charge in [-0.3, -0.25) is 4.90 Å². The van der Waals surface area contributed by atoms with Gasteiger partial charge in [-0.15, -0.1) is 0 Å². The van der Waals surface area contributed by atoms with Crippen LogP contribution in [0.5, 0.6) is 5.75 Å². The molecule has 0 bridgehead atoms. The summed E-state index contributed by atoms with van der Waals surface area (Å²) < 4.78 is 97.0. The fraction of sp³-hybridized carbons (Fsp3) is 0.308. The summed E-state index contributed by atoms with van der Waals surface area (Å²) in [5.74, 6) is -1.51. The molecule has 0 aliphatic rings. The van der Waals surface area contributed by atoms with Gasteiger partial charge in [0.15, 0.2) is 9.84 Å². The van der Waals surface area contributed by atoms with E-state index in [1.807, 2.05) is 0 Å². The van der Waals surface area contributed by atoms with E-state index in [0.29, 0.717) is 24.6 Å². The molecule has 0 heterocycles. The Labute approximate surface area is 212 Å². The van der Waals surface area contributed by atoms with Crippen LogP contribution in [-0.4, -0.2) is 37.8 Å². The molecule has 11 heteroatoms. The van der Waals surface area contributed by atoms with Crippen LogP contribution >= 0.6 is 0 Å². The molecular formula is C26H26F5NO4S. The number of aliphatic hydroxyl groups excluding tert-OH is 1. The summed E-state index contributed by atoms with van der Waals surface area (Å²) in [6.07, 6.45) is -3.44. The van der Waals surface area contributed by atoms with Crippen LogP contribution in [0, 0.1) is 11.6 Å². The van der Waals surface area contributed by atoms with Crippen molar-refractivity contribution in [2.45, 2.75) is 37.2 Å². The summed E-state index contributed by atoms with van der Waals surface area (Å²) in [6.45, 7) is 0.0659. The van der Waals surface area contributed by atoms with Gasteiger partial charge in [-0.05, 0) is 47.9 Å². The molecule has 200 valence electrons. The minimum atomic E-state index is -4.83. The van der Waals surface area contributed by atoms with Crippen LogP contribution < -0.4 is 4.74 Å². The summed E-state index contributed by atoms with van der Waals surface area (Å²) in [5.41, 5.74) is -0.547. The summed E-state index contributed by atoms with van der Waals surface area (Å²) >= 11 is 0. The Kier molecular flexibility index (Phi) is 9.27. The van der Waals surface area contributed by atoms with E-state index in [-0.39, 0.29) is 41.5 Å². The zero-order valence-corrected chi connectivity index (χ0v) is 20.7. The highest BCUT2D eigenvalue weighted by atomic mass is 32.2. The molecule has 3 rings (SSSR count). The number of ether oxygens (including phenoxy) is 1. The van der Waals surface area contributed by atoms with E-state index in [2.05, 4.69) is 0 Å². The van der Waals surface area contributed by atoms with Gasteiger partial charge in [-0.2, -0.15) is 13.2 Å². The Morgan fingerprint density at radius 1 is 0.946 bits per heavy atom. The maximum absolute atomic E-state index is 14.6. The molecule has 3 aromatic rings. The number of hydrogen-bond donors (Lipinski definition) is 1. The van der Waals surface area contributed by atoms with Gasteiger partial charge in [-0.25, -0.2) is 17.2 Å². The molecule has 0 spiro atoms. The lowest BCUT2D eigenvalue weighted by Gasteiger charge is -2.24. The van der Waals surface area contributed by atoms with Crippen molar-refractivity contribution in [3.63, 3.8) is 0 Å². The second kappa shape index (κ2) is 12.0. The highest BCUT2D eigenvalue weighted by molar-refractivity contribution is 7.90. The normalized spacial score (nSPS) is 12.2. The maximum atomic E-state index is 14.6. The first-order chi connectivity index (χ1) is 17.4. The molecular weight excluding hydrogens is 517 g/mol. The van der Waals surface area contributed by atoms with Crippen molar-refractivity contribution in [1.29, 1.82) is 0 Å². The summed E-state index contributed by atoms with van der Waals surface area (Å²) in [4.78, 5) is 1.66. The van der Waals surface area contributed by atoms with E-state index >= 15 is 0 Å². The highest BCUT2D eigenvalue weighted by Gasteiger charge is 2.34. The van der Waals surface area contributed by atoms with Crippen LogP contribution in [0.25, 0.3) is 0 Å². The van der Waals surface area contributed by atoms with Crippen molar-refractivity contribution < 1.29 is 40.2 Å². The third kappa shape index (κ3) is 7.98. The van der Waals surface area contributed by atoms with Crippen molar-refractivity contribution in [2.24, 2.45) is 0 Å². The molecule has 0 saturated carbocycles. The van der Waals surface area contributed by atoms with Gasteiger partial charge in [0.1, 0.15) is 17.4 Å². The van der Waals surface area contributed by atoms with Crippen molar-refractivity contribution in [2.75, 3.05) is 19.4 Å². The monoisotopic (exact) mass is 543 g/mol. The summed E-state index contributed by atoms with van der Waals surface area (Å²) in [7, 11) is -3.59. The number of sulfone groups is 1. The van der Waals surface area contributed by atoms with Gasteiger partial charge >= 0.3 is 6.18 Å². The first-order valence-electron chi connectivity index (χ1n) is 11.3. The van der Waals surface area contributed by atoms with Crippen LogP contribution in [-0.2, 0) is 35.7 Å². The van der Waals surface area contributed by atoms with E-state index in [1.54, 1.807) is 4.90 Å². The van der Waals surface area contributed by atoms with Crippen LogP contribution in [0.1, 0.15) is 28.7 Å². The van der Waals surface area contributed by atoms with E-state index < -0.39 is 39.8 Å². The average Bonchev–Trinajstić information content (AvgIpc) is 2.83. The minimum absolute atomic E-state index is 0.0505. The number of benzene rings is 3. The van der Waals surface area contributed by atoms with Gasteiger partial charge in [-0.1, -0.05) is 30.3 Å². The van der Waals surface area contributed by atoms with Gasteiger partial charge < -0.3 is 9.84 Å². The molecule has 0 amide bonds. The first-order valence-corrected chi connectivity index (χ1v) is 13.2. The molecule has 0 aliphatic carbocycles. The zero-order chi connectivity index (χ0) is 27.2. The smallest absolute Gasteiger partial charge is 0.419 e. The van der Waals surface area contributed by atoms with Crippen LogP contribution in [0.3, 0.4) is 0 Å². The molecule has 0 radical (unpaired) electrons. The van der Waals surface area contributed by atoms with Crippen molar-refractivity contribution in [3.8, 4) is 5.75 Å². The van der Waals surface area contributed by atoms with Crippen LogP contribution in [0.15, 0.2) is 65.6 Å². The second-order valence-corrected chi connectivity index (χ2v) is 10.5. The lowest BCUT2D eigenvalue weighted by molar-refractivity contribution is -0.140. The second-order valence-electron chi connectivity index (χ2n) is 8.52. The van der Waals surface area contributed by atoms with Crippen molar-refractivity contribution >= 4 is 9.84 Å². The molecule has 0 unspecified atom stereocenters. The number of alkyl halides is 3. The molecule has 5 nitrogen and oxygen atoms in total. The Bertz CT molecular complexity index is 1310. The molecule has 0 aliphatic heterocycles. The Hall–Kier alpha value is -3.02. The van der Waals surface area contributed by atoms with Gasteiger partial charge in [0.05, 0.1) is 23.7 Å². The SMILES string of the molecule is CS(=O)(=O)c1cc(OCCCN(Cc2ccc(F)cc2)Cc2cccc(C(F)(F)F)c2F)ccc1CO. The van der Waals surface area contributed by atoms with E-state index in [0.717, 1.165) is 12.3 Å². The quantitative estimate of drug-likeness (QED) is 0.261. The fourth-order valence-corrected chi connectivity index (χ4v) is 4.74. The lowest BCUT2D eigenvalue weighted by atomic mass is 10.1. The van der Waals surface area contributed by atoms with E-state index in [4.69, 9.17) is 4.74 Å². The van der Waals surface area contributed by atoms with E-state index in [9.17, 15) is 35.5 Å². The number of halogens is 5. The van der Waals surface area contributed by atoms with Gasteiger partial charge in [0, 0.05) is 31.5 Å². The zero-order valence-electron chi connectivity index (χ0n) is 19.9. The molecule has 0 fully saturated rings. The summed E-state index contributed by atoms with van der Waals surface area (Å²) in [6, 6.07) is 13.0. The topological polar surface area (TPSA) is 66.8 Å². The predicted octanol–water partition coefficient (Wildman–Crippen LogP) is 5.35. The maximum Gasteiger partial charge on any atom is 0.419 e. The molecule has 37 heavy (non-hydrogen) atoms. The third-order valence-electron chi connectivity index (χ3n) is 5.59. The molecule has 0 aromatic heterocycles. The van der Waals surface area contributed by atoms with E-state index in [1.165, 1.54) is 48.5 Å².